The third-order valence-corrected chi connectivity index (χ3v) is 6.45. The van der Waals surface area contributed by atoms with Gasteiger partial charge in [0.25, 0.3) is 0 Å². The molecule has 1 N–H and O–H groups in total. The van der Waals surface area contributed by atoms with Gasteiger partial charge in [0.1, 0.15) is 0 Å². The Kier molecular flexibility index (Phi) is 5.07. The Morgan fingerprint density at radius 1 is 1.30 bits per heavy atom. The molecule has 0 unspecified atom stereocenters. The molecule has 2 aliphatic heterocycles. The van der Waals surface area contributed by atoms with Crippen molar-refractivity contribution in [3.05, 3.63) is 35.9 Å². The predicted octanol–water partition coefficient (Wildman–Crippen LogP) is 2.33. The Balaban J connectivity index is 1.26. The molecule has 27 heavy (non-hydrogen) atoms. The number of carbonyl (C=O) groups excluding carboxylic acids is 1. The minimum Gasteiger partial charge on any atom is -0.453 e. The van der Waals surface area contributed by atoms with Gasteiger partial charge in [-0.15, -0.1) is 0 Å². The summed E-state index contributed by atoms with van der Waals surface area (Å²) in [7, 11) is 1.41. The summed E-state index contributed by atoms with van der Waals surface area (Å²) in [5.41, 5.74) is 1.26. The molecule has 1 saturated carbocycles. The van der Waals surface area contributed by atoms with Crippen molar-refractivity contribution in [2.75, 3.05) is 33.3 Å². The van der Waals surface area contributed by atoms with Crippen LogP contribution in [0.3, 0.4) is 0 Å². The van der Waals surface area contributed by atoms with Crippen molar-refractivity contribution >= 4 is 6.09 Å². The Hall–Kier alpha value is -2.10. The van der Waals surface area contributed by atoms with Crippen molar-refractivity contribution in [2.45, 2.75) is 49.2 Å². The number of ether oxygens (including phenoxy) is 1. The van der Waals surface area contributed by atoms with E-state index in [1.54, 1.807) is 4.90 Å². The zero-order valence-electron chi connectivity index (χ0n) is 15.9. The normalized spacial score (nSPS) is 27.5. The number of piperidine rings is 1. The third-order valence-electron chi connectivity index (χ3n) is 6.45. The maximum Gasteiger partial charge on any atom is 0.409 e. The monoisotopic (exact) mass is 368 g/mol. The van der Waals surface area contributed by atoms with Crippen LogP contribution in [0.15, 0.2) is 30.3 Å². The SMILES string of the molecule is COC(=O)N1CC(CC#N)(N2CCC(N[C@@H]3C[C@H]3c3ccccc3)CC2)C1. The average molecular weight is 368 g/mol. The molecule has 2 atom stereocenters. The van der Waals surface area contributed by atoms with Gasteiger partial charge in [0.2, 0.25) is 0 Å². The smallest absolute Gasteiger partial charge is 0.409 e. The standard InChI is InChI=1S/C21H28N4O2/c1-27-20(26)24-14-21(15-24,9-10-22)25-11-7-17(8-12-25)23-19-13-18(19)16-5-3-2-4-6-16/h2-6,17-19,23H,7-9,11-15H2,1H3/t18-,19+/m0/s1. The zero-order chi connectivity index (χ0) is 18.9. The van der Waals surface area contributed by atoms with Crippen molar-refractivity contribution in [2.24, 2.45) is 0 Å². The van der Waals surface area contributed by atoms with Crippen LogP contribution < -0.4 is 5.32 Å². The molecule has 0 bridgehead atoms. The molecule has 6 heteroatoms. The highest BCUT2D eigenvalue weighted by Crippen LogP contribution is 2.41. The van der Waals surface area contributed by atoms with E-state index >= 15 is 0 Å². The summed E-state index contributed by atoms with van der Waals surface area (Å²) in [5, 5.41) is 13.1. The van der Waals surface area contributed by atoms with Crippen molar-refractivity contribution in [3.63, 3.8) is 0 Å². The van der Waals surface area contributed by atoms with Crippen LogP contribution in [0.1, 0.15) is 37.2 Å². The molecule has 6 nitrogen and oxygen atoms in total. The van der Waals surface area contributed by atoms with Gasteiger partial charge in [0, 0.05) is 44.2 Å². The van der Waals surface area contributed by atoms with Crippen LogP contribution in [0.5, 0.6) is 0 Å². The summed E-state index contributed by atoms with van der Waals surface area (Å²) < 4.78 is 4.80. The second-order valence-corrected chi connectivity index (χ2v) is 8.17. The molecule has 0 radical (unpaired) electrons. The topological polar surface area (TPSA) is 68.6 Å². The summed E-state index contributed by atoms with van der Waals surface area (Å²) in [6, 6.07) is 14.2. The maximum atomic E-state index is 11.7. The van der Waals surface area contributed by atoms with Crippen LogP contribution in [-0.4, -0.2) is 66.8 Å². The average Bonchev–Trinajstić information content (AvgIpc) is 3.44. The maximum absolute atomic E-state index is 11.7. The van der Waals surface area contributed by atoms with E-state index in [9.17, 15) is 10.1 Å². The van der Waals surface area contributed by atoms with Gasteiger partial charge in [-0.2, -0.15) is 5.26 Å². The lowest BCUT2D eigenvalue weighted by atomic mass is 9.83. The second-order valence-electron chi connectivity index (χ2n) is 8.17. The van der Waals surface area contributed by atoms with Crippen molar-refractivity contribution in [1.29, 1.82) is 5.26 Å². The van der Waals surface area contributed by atoms with Gasteiger partial charge in [0.15, 0.2) is 0 Å². The van der Waals surface area contributed by atoms with E-state index in [1.807, 2.05) is 0 Å². The molecule has 2 heterocycles. The minimum absolute atomic E-state index is 0.180. The Morgan fingerprint density at radius 2 is 2.00 bits per heavy atom. The van der Waals surface area contributed by atoms with Gasteiger partial charge in [0.05, 0.1) is 25.1 Å². The minimum atomic E-state index is -0.291. The first-order valence-corrected chi connectivity index (χ1v) is 9.91. The Labute approximate surface area is 161 Å². The van der Waals surface area contributed by atoms with Crippen LogP contribution in [0.2, 0.25) is 0 Å². The number of likely N-dealkylation sites (tertiary alicyclic amines) is 2. The summed E-state index contributed by atoms with van der Waals surface area (Å²) >= 11 is 0. The van der Waals surface area contributed by atoms with Gasteiger partial charge in [-0.05, 0) is 24.8 Å². The van der Waals surface area contributed by atoms with Crippen molar-refractivity contribution in [1.82, 2.24) is 15.1 Å². The molecule has 0 aromatic heterocycles. The summed E-state index contributed by atoms with van der Waals surface area (Å²) in [6.45, 7) is 3.17. The lowest BCUT2D eigenvalue weighted by Crippen LogP contribution is -2.72. The van der Waals surface area contributed by atoms with Crippen LogP contribution in [-0.2, 0) is 4.74 Å². The molecule has 3 fully saturated rings. The van der Waals surface area contributed by atoms with Gasteiger partial charge in [-0.1, -0.05) is 30.3 Å². The van der Waals surface area contributed by atoms with Crippen LogP contribution in [0.4, 0.5) is 4.79 Å². The quantitative estimate of drug-likeness (QED) is 0.864. The summed E-state index contributed by atoms with van der Waals surface area (Å²) in [6.07, 6.45) is 3.61. The highest BCUT2D eigenvalue weighted by Gasteiger charge is 2.50. The highest BCUT2D eigenvalue weighted by molar-refractivity contribution is 5.69. The Morgan fingerprint density at radius 3 is 2.63 bits per heavy atom. The molecule has 0 spiro atoms. The van der Waals surface area contributed by atoms with E-state index in [0.29, 0.717) is 37.5 Å². The fourth-order valence-corrected chi connectivity index (χ4v) is 4.76. The number of amides is 1. The zero-order valence-corrected chi connectivity index (χ0v) is 15.9. The molecule has 1 amide bonds. The molecule has 1 aliphatic carbocycles. The lowest BCUT2D eigenvalue weighted by molar-refractivity contribution is -0.0547. The number of methoxy groups -OCH3 is 1. The number of hydrogen-bond acceptors (Lipinski definition) is 5. The third kappa shape index (κ3) is 3.67. The van der Waals surface area contributed by atoms with Gasteiger partial charge < -0.3 is 15.0 Å². The molecular weight excluding hydrogens is 340 g/mol. The lowest BCUT2D eigenvalue weighted by Gasteiger charge is -2.55. The molecule has 3 aliphatic rings. The number of nitrogens with zero attached hydrogens (tertiary/aromatic N) is 3. The number of rotatable bonds is 5. The van der Waals surface area contributed by atoms with Gasteiger partial charge in [-0.25, -0.2) is 4.79 Å². The highest BCUT2D eigenvalue weighted by atomic mass is 16.5. The summed E-state index contributed by atoms with van der Waals surface area (Å²) in [4.78, 5) is 15.8. The van der Waals surface area contributed by atoms with E-state index in [4.69, 9.17) is 4.74 Å². The fraction of sp³-hybridized carbons (Fsp3) is 0.619. The van der Waals surface area contributed by atoms with Crippen molar-refractivity contribution < 1.29 is 9.53 Å². The van der Waals surface area contributed by atoms with Crippen LogP contribution >= 0.6 is 0 Å². The van der Waals surface area contributed by atoms with E-state index in [-0.39, 0.29) is 11.6 Å². The molecule has 4 rings (SSSR count). The Bertz CT molecular complexity index is 703. The number of hydrogen-bond donors (Lipinski definition) is 1. The van der Waals surface area contributed by atoms with E-state index in [1.165, 1.54) is 19.1 Å². The predicted molar refractivity (Wildman–Crippen MR) is 102 cm³/mol. The first-order chi connectivity index (χ1) is 13.1. The fourth-order valence-electron chi connectivity index (χ4n) is 4.76. The molecule has 144 valence electrons. The molecule has 1 aromatic rings. The van der Waals surface area contributed by atoms with Crippen molar-refractivity contribution in [3.8, 4) is 6.07 Å². The van der Waals surface area contributed by atoms with Gasteiger partial charge in [-0.3, -0.25) is 4.90 Å². The van der Waals surface area contributed by atoms with E-state index in [2.05, 4.69) is 46.6 Å². The first-order valence-electron chi connectivity index (χ1n) is 9.91. The largest absolute Gasteiger partial charge is 0.453 e. The molecular formula is C21H28N4O2. The number of nitrogens with one attached hydrogen (secondary N) is 1. The number of benzene rings is 1. The van der Waals surface area contributed by atoms with Crippen LogP contribution in [0.25, 0.3) is 0 Å². The number of nitriles is 1. The second kappa shape index (κ2) is 7.49. The number of carbonyl (C=O) groups is 1. The van der Waals surface area contributed by atoms with Crippen LogP contribution in [0, 0.1) is 11.3 Å². The first kappa shape index (κ1) is 18.3. The molecule has 2 saturated heterocycles. The molecule has 1 aromatic carbocycles. The summed E-state index contributed by atoms with van der Waals surface area (Å²) in [5.74, 6) is 0.661. The van der Waals surface area contributed by atoms with E-state index in [0.717, 1.165) is 25.9 Å². The van der Waals surface area contributed by atoms with Gasteiger partial charge >= 0.3 is 6.09 Å². The van der Waals surface area contributed by atoms with E-state index < -0.39 is 0 Å².